The van der Waals surface area contributed by atoms with Crippen molar-refractivity contribution in [2.24, 2.45) is 35.5 Å². The molecule has 0 bridgehead atoms. The molecule has 22 heavy (non-hydrogen) atoms. The summed E-state index contributed by atoms with van der Waals surface area (Å²) < 4.78 is 9.68. The summed E-state index contributed by atoms with van der Waals surface area (Å²) in [5, 5.41) is 9.20. The monoisotopic (exact) mass is 316 g/mol. The van der Waals surface area contributed by atoms with Gasteiger partial charge in [-0.2, -0.15) is 0 Å². The molecule has 128 valence electrons. The zero-order valence-corrected chi connectivity index (χ0v) is 14.5. The minimum Gasteiger partial charge on any atom is -0.481 e. The zero-order valence-electron chi connectivity index (χ0n) is 14.5. The third kappa shape index (κ3) is 4.71. The summed E-state index contributed by atoms with van der Waals surface area (Å²) in [4.78, 5) is 35.5. The van der Waals surface area contributed by atoms with Gasteiger partial charge in [0, 0.05) is 0 Å². The number of ether oxygens (including phenoxy) is 2. The third-order valence-corrected chi connectivity index (χ3v) is 4.54. The van der Waals surface area contributed by atoms with Crippen LogP contribution in [0.25, 0.3) is 0 Å². The van der Waals surface area contributed by atoms with Crippen molar-refractivity contribution in [3.8, 4) is 0 Å². The van der Waals surface area contributed by atoms with E-state index in [1.54, 1.807) is 20.8 Å². The number of carboxylic acid groups (broad SMARTS) is 1. The molecule has 5 unspecified atom stereocenters. The average Bonchev–Trinajstić information content (AvgIpc) is 2.45. The van der Waals surface area contributed by atoms with Crippen molar-refractivity contribution in [1.82, 2.24) is 0 Å². The van der Waals surface area contributed by atoms with Crippen LogP contribution in [0.1, 0.15) is 34.6 Å². The van der Waals surface area contributed by atoms with E-state index >= 15 is 0 Å². The predicted molar refractivity (Wildman–Crippen MR) is 81.0 cm³/mol. The van der Waals surface area contributed by atoms with Gasteiger partial charge in [-0.3, -0.25) is 14.4 Å². The summed E-state index contributed by atoms with van der Waals surface area (Å²) in [7, 11) is 2.57. The van der Waals surface area contributed by atoms with Crippen molar-refractivity contribution in [2.75, 3.05) is 14.2 Å². The van der Waals surface area contributed by atoms with Crippen LogP contribution in [0.15, 0.2) is 0 Å². The number of methoxy groups -OCH3 is 2. The number of carboxylic acids is 1. The second-order valence-electron chi connectivity index (χ2n) is 6.19. The molecule has 5 atom stereocenters. The molecule has 0 saturated heterocycles. The number of hydrogen-bond acceptors (Lipinski definition) is 5. The van der Waals surface area contributed by atoms with E-state index in [4.69, 9.17) is 9.47 Å². The number of carbonyl (C=O) groups is 3. The molecular weight excluding hydrogens is 288 g/mol. The van der Waals surface area contributed by atoms with Crippen LogP contribution in [0.5, 0.6) is 0 Å². The Morgan fingerprint density at radius 2 is 1.18 bits per heavy atom. The van der Waals surface area contributed by atoms with E-state index in [0.29, 0.717) is 0 Å². The van der Waals surface area contributed by atoms with Crippen LogP contribution in [0.3, 0.4) is 0 Å². The summed E-state index contributed by atoms with van der Waals surface area (Å²) in [5.41, 5.74) is 0. The van der Waals surface area contributed by atoms with Crippen molar-refractivity contribution in [3.05, 3.63) is 0 Å². The fourth-order valence-electron chi connectivity index (χ4n) is 3.03. The molecule has 6 nitrogen and oxygen atoms in total. The van der Waals surface area contributed by atoms with E-state index in [9.17, 15) is 19.5 Å². The third-order valence-electron chi connectivity index (χ3n) is 4.54. The number of aliphatic carboxylic acids is 1. The number of carbonyl (C=O) groups excluding carboxylic acids is 2. The summed E-state index contributed by atoms with van der Waals surface area (Å²) in [6.07, 6.45) is 0. The highest BCUT2D eigenvalue weighted by Crippen LogP contribution is 2.36. The molecule has 0 aliphatic rings. The maximum atomic E-state index is 12.2. The molecule has 0 saturated carbocycles. The van der Waals surface area contributed by atoms with Gasteiger partial charge in [-0.15, -0.1) is 0 Å². The van der Waals surface area contributed by atoms with Crippen molar-refractivity contribution >= 4 is 17.9 Å². The van der Waals surface area contributed by atoms with Gasteiger partial charge in [-0.25, -0.2) is 0 Å². The second kappa shape index (κ2) is 8.76. The van der Waals surface area contributed by atoms with Crippen LogP contribution in [0, 0.1) is 35.5 Å². The lowest BCUT2D eigenvalue weighted by Gasteiger charge is -2.34. The summed E-state index contributed by atoms with van der Waals surface area (Å²) in [6.45, 7) is 8.77. The lowest BCUT2D eigenvalue weighted by Crippen LogP contribution is -2.41. The fourth-order valence-corrected chi connectivity index (χ4v) is 3.03. The molecule has 0 aromatic rings. The van der Waals surface area contributed by atoms with Crippen LogP contribution in [0.4, 0.5) is 0 Å². The molecule has 0 aliphatic carbocycles. The normalized spacial score (nSPS) is 18.0. The molecule has 0 amide bonds. The van der Waals surface area contributed by atoms with E-state index in [-0.39, 0.29) is 5.92 Å². The number of hydrogen-bond donors (Lipinski definition) is 1. The van der Waals surface area contributed by atoms with Crippen LogP contribution < -0.4 is 0 Å². The molecule has 0 aliphatic heterocycles. The van der Waals surface area contributed by atoms with E-state index in [2.05, 4.69) is 0 Å². The first-order valence-electron chi connectivity index (χ1n) is 7.48. The van der Waals surface area contributed by atoms with Crippen LogP contribution in [0.2, 0.25) is 0 Å². The van der Waals surface area contributed by atoms with Crippen LogP contribution >= 0.6 is 0 Å². The Hall–Kier alpha value is -1.59. The van der Waals surface area contributed by atoms with Gasteiger partial charge in [0.1, 0.15) is 0 Å². The Kier molecular flexibility index (Phi) is 8.12. The highest BCUT2D eigenvalue weighted by molar-refractivity contribution is 5.78. The Morgan fingerprint density at radius 1 is 0.773 bits per heavy atom. The Bertz CT molecular complexity index is 403. The van der Waals surface area contributed by atoms with Gasteiger partial charge in [0.15, 0.2) is 0 Å². The van der Waals surface area contributed by atoms with Gasteiger partial charge < -0.3 is 14.6 Å². The number of rotatable bonds is 8. The minimum atomic E-state index is -0.979. The molecular formula is C16H28O6. The van der Waals surface area contributed by atoms with Crippen molar-refractivity contribution in [2.45, 2.75) is 34.6 Å². The smallest absolute Gasteiger partial charge is 0.309 e. The van der Waals surface area contributed by atoms with E-state index < -0.39 is 47.5 Å². The van der Waals surface area contributed by atoms with Gasteiger partial charge in [0.2, 0.25) is 0 Å². The SMILES string of the molecule is COC(=O)C(C(C)C)C(C)C(C(=O)OC)C(C)C(C)C(=O)O. The van der Waals surface area contributed by atoms with Crippen molar-refractivity contribution in [1.29, 1.82) is 0 Å². The lowest BCUT2D eigenvalue weighted by atomic mass is 9.69. The standard InChI is InChI=1S/C16H28O6/c1-8(2)12(15(19)21-6)11(5)13(16(20)22-7)9(3)10(4)14(17)18/h8-13H,1-7H3,(H,17,18). The molecule has 1 N–H and O–H groups in total. The molecule has 0 radical (unpaired) electrons. The summed E-state index contributed by atoms with van der Waals surface area (Å²) in [6, 6.07) is 0. The minimum absolute atomic E-state index is 0.0399. The van der Waals surface area contributed by atoms with Gasteiger partial charge >= 0.3 is 17.9 Å². The molecule has 0 fully saturated rings. The van der Waals surface area contributed by atoms with Gasteiger partial charge in [0.05, 0.1) is 32.0 Å². The fraction of sp³-hybridized carbons (Fsp3) is 0.812. The molecule has 0 spiro atoms. The van der Waals surface area contributed by atoms with E-state index in [0.717, 1.165) is 0 Å². The van der Waals surface area contributed by atoms with Crippen LogP contribution in [-0.2, 0) is 23.9 Å². The lowest BCUT2D eigenvalue weighted by molar-refractivity contribution is -0.158. The van der Waals surface area contributed by atoms with Crippen molar-refractivity contribution < 1.29 is 29.0 Å². The molecule has 0 rings (SSSR count). The topological polar surface area (TPSA) is 89.9 Å². The first kappa shape index (κ1) is 20.4. The predicted octanol–water partition coefficient (Wildman–Crippen LogP) is 2.21. The Morgan fingerprint density at radius 3 is 1.50 bits per heavy atom. The van der Waals surface area contributed by atoms with Crippen LogP contribution in [-0.4, -0.2) is 37.2 Å². The zero-order chi connectivity index (χ0) is 17.6. The van der Waals surface area contributed by atoms with Gasteiger partial charge in [-0.1, -0.05) is 34.6 Å². The Labute approximate surface area is 132 Å². The highest BCUT2D eigenvalue weighted by Gasteiger charge is 2.43. The average molecular weight is 316 g/mol. The van der Waals surface area contributed by atoms with Crippen molar-refractivity contribution in [3.63, 3.8) is 0 Å². The van der Waals surface area contributed by atoms with E-state index in [1.165, 1.54) is 14.2 Å². The highest BCUT2D eigenvalue weighted by atomic mass is 16.5. The summed E-state index contributed by atoms with van der Waals surface area (Å²) >= 11 is 0. The number of esters is 2. The molecule has 0 aromatic carbocycles. The first-order valence-corrected chi connectivity index (χ1v) is 7.48. The molecule has 0 heterocycles. The molecule has 0 aromatic heterocycles. The quantitative estimate of drug-likeness (QED) is 0.691. The van der Waals surface area contributed by atoms with Gasteiger partial charge in [-0.05, 0) is 17.8 Å². The first-order chi connectivity index (χ1) is 10.1. The van der Waals surface area contributed by atoms with Gasteiger partial charge in [0.25, 0.3) is 0 Å². The second-order valence-corrected chi connectivity index (χ2v) is 6.19. The Balaban J connectivity index is 5.63. The maximum absolute atomic E-state index is 12.2. The summed E-state index contributed by atoms with van der Waals surface area (Å²) in [5.74, 6) is -4.69. The molecule has 6 heteroatoms. The van der Waals surface area contributed by atoms with E-state index in [1.807, 2.05) is 13.8 Å². The largest absolute Gasteiger partial charge is 0.481 e. The maximum Gasteiger partial charge on any atom is 0.309 e.